The van der Waals surface area contributed by atoms with E-state index in [4.69, 9.17) is 5.73 Å². The Kier molecular flexibility index (Phi) is 3.47. The van der Waals surface area contributed by atoms with Crippen molar-refractivity contribution in [1.82, 2.24) is 14.8 Å². The van der Waals surface area contributed by atoms with Crippen LogP contribution >= 0.6 is 0 Å². The Labute approximate surface area is 128 Å². The summed E-state index contributed by atoms with van der Waals surface area (Å²) in [6.07, 6.45) is 5.19. The van der Waals surface area contributed by atoms with Gasteiger partial charge in [0.15, 0.2) is 5.69 Å². The van der Waals surface area contributed by atoms with Gasteiger partial charge in [-0.15, -0.1) is 0 Å². The molecule has 0 spiro atoms. The van der Waals surface area contributed by atoms with Gasteiger partial charge in [-0.1, -0.05) is 23.8 Å². The SMILES string of the molecule is Cc1ccc(-c2cn(-c3cccnc3)nc2C(N)=O)c(C)c1. The molecule has 0 fully saturated rings. The van der Waals surface area contributed by atoms with Crippen molar-refractivity contribution in [2.75, 3.05) is 0 Å². The lowest BCUT2D eigenvalue weighted by atomic mass is 9.99. The molecule has 1 aromatic carbocycles. The Morgan fingerprint density at radius 3 is 2.64 bits per heavy atom. The Bertz CT molecular complexity index is 837. The molecule has 0 radical (unpaired) electrons. The minimum absolute atomic E-state index is 0.260. The molecule has 5 heteroatoms. The third kappa shape index (κ3) is 2.48. The molecule has 0 bridgehead atoms. The maximum Gasteiger partial charge on any atom is 0.269 e. The summed E-state index contributed by atoms with van der Waals surface area (Å²) in [5.41, 5.74) is 10.5. The Morgan fingerprint density at radius 2 is 2.00 bits per heavy atom. The van der Waals surface area contributed by atoms with Gasteiger partial charge in [0.2, 0.25) is 0 Å². The van der Waals surface area contributed by atoms with E-state index in [1.165, 1.54) is 5.56 Å². The van der Waals surface area contributed by atoms with Crippen LogP contribution in [-0.4, -0.2) is 20.7 Å². The molecule has 3 aromatic rings. The van der Waals surface area contributed by atoms with Gasteiger partial charge < -0.3 is 5.73 Å². The molecule has 0 atom stereocenters. The van der Waals surface area contributed by atoms with E-state index in [0.29, 0.717) is 0 Å². The number of carbonyl (C=O) groups is 1. The molecule has 0 aliphatic carbocycles. The number of rotatable bonds is 3. The van der Waals surface area contributed by atoms with Crippen LogP contribution in [0.3, 0.4) is 0 Å². The molecular weight excluding hydrogens is 276 g/mol. The van der Waals surface area contributed by atoms with Crippen LogP contribution in [-0.2, 0) is 0 Å². The van der Waals surface area contributed by atoms with Crippen LogP contribution in [0.15, 0.2) is 48.9 Å². The summed E-state index contributed by atoms with van der Waals surface area (Å²) in [6.45, 7) is 4.04. The second-order valence-corrected chi connectivity index (χ2v) is 5.23. The summed E-state index contributed by atoms with van der Waals surface area (Å²) >= 11 is 0. The second-order valence-electron chi connectivity index (χ2n) is 5.23. The third-order valence-electron chi connectivity index (χ3n) is 3.53. The van der Waals surface area contributed by atoms with Crippen LogP contribution in [0.25, 0.3) is 16.8 Å². The summed E-state index contributed by atoms with van der Waals surface area (Å²) < 4.78 is 1.63. The van der Waals surface area contributed by atoms with Crippen LogP contribution in [0.2, 0.25) is 0 Å². The number of pyridine rings is 1. The zero-order chi connectivity index (χ0) is 15.7. The van der Waals surface area contributed by atoms with Gasteiger partial charge in [0.1, 0.15) is 0 Å². The number of hydrogen-bond donors (Lipinski definition) is 1. The van der Waals surface area contributed by atoms with Crippen molar-refractivity contribution in [3.63, 3.8) is 0 Å². The van der Waals surface area contributed by atoms with Crippen molar-refractivity contribution in [3.05, 3.63) is 65.7 Å². The van der Waals surface area contributed by atoms with Gasteiger partial charge in [-0.3, -0.25) is 9.78 Å². The van der Waals surface area contributed by atoms with Crippen LogP contribution in [0, 0.1) is 13.8 Å². The molecule has 0 aliphatic rings. The lowest BCUT2D eigenvalue weighted by molar-refractivity contribution is 0.0996. The number of nitrogens with zero attached hydrogens (tertiary/aromatic N) is 3. The first-order chi connectivity index (χ1) is 10.6. The highest BCUT2D eigenvalue weighted by Gasteiger charge is 2.17. The highest BCUT2D eigenvalue weighted by atomic mass is 16.1. The molecule has 3 rings (SSSR count). The molecule has 2 N–H and O–H groups in total. The van der Waals surface area contributed by atoms with Gasteiger partial charge in [0.25, 0.3) is 5.91 Å². The first-order valence-corrected chi connectivity index (χ1v) is 6.94. The second kappa shape index (κ2) is 5.44. The molecule has 0 saturated heterocycles. The van der Waals surface area contributed by atoms with Crippen molar-refractivity contribution in [2.45, 2.75) is 13.8 Å². The van der Waals surface area contributed by atoms with Crippen molar-refractivity contribution in [1.29, 1.82) is 0 Å². The van der Waals surface area contributed by atoms with Crippen molar-refractivity contribution in [3.8, 4) is 16.8 Å². The Balaban J connectivity index is 2.18. The first-order valence-electron chi connectivity index (χ1n) is 6.94. The number of amides is 1. The van der Waals surface area contributed by atoms with Gasteiger partial charge in [-0.2, -0.15) is 5.10 Å². The highest BCUT2D eigenvalue weighted by molar-refractivity contribution is 5.98. The number of carbonyl (C=O) groups excluding carboxylic acids is 1. The van der Waals surface area contributed by atoms with Crippen LogP contribution < -0.4 is 5.73 Å². The quantitative estimate of drug-likeness (QED) is 0.806. The van der Waals surface area contributed by atoms with E-state index in [-0.39, 0.29) is 5.69 Å². The molecular formula is C17H16N4O. The summed E-state index contributed by atoms with van der Waals surface area (Å²) in [7, 11) is 0. The first kappa shape index (κ1) is 14.0. The van der Waals surface area contributed by atoms with E-state index < -0.39 is 5.91 Å². The lowest BCUT2D eigenvalue weighted by Gasteiger charge is -2.05. The van der Waals surface area contributed by atoms with Gasteiger partial charge in [0, 0.05) is 18.0 Å². The fraction of sp³-hybridized carbons (Fsp3) is 0.118. The zero-order valence-corrected chi connectivity index (χ0v) is 12.4. The number of hydrogen-bond acceptors (Lipinski definition) is 3. The average Bonchev–Trinajstić information content (AvgIpc) is 2.93. The number of benzene rings is 1. The smallest absolute Gasteiger partial charge is 0.269 e. The fourth-order valence-corrected chi connectivity index (χ4v) is 2.49. The predicted octanol–water partition coefficient (Wildman–Crippen LogP) is 2.65. The molecule has 0 aliphatic heterocycles. The van der Waals surface area contributed by atoms with E-state index in [1.54, 1.807) is 17.1 Å². The van der Waals surface area contributed by atoms with E-state index in [9.17, 15) is 4.79 Å². The summed E-state index contributed by atoms with van der Waals surface area (Å²) in [5.74, 6) is -0.544. The Hall–Kier alpha value is -2.95. The van der Waals surface area contributed by atoms with Gasteiger partial charge >= 0.3 is 0 Å². The van der Waals surface area contributed by atoms with E-state index in [2.05, 4.69) is 16.1 Å². The molecule has 0 unspecified atom stereocenters. The van der Waals surface area contributed by atoms with Gasteiger partial charge in [-0.25, -0.2) is 4.68 Å². The Morgan fingerprint density at radius 1 is 1.18 bits per heavy atom. The molecule has 5 nitrogen and oxygen atoms in total. The predicted molar refractivity (Wildman–Crippen MR) is 84.8 cm³/mol. The molecule has 2 heterocycles. The van der Waals surface area contributed by atoms with Crippen LogP contribution in [0.5, 0.6) is 0 Å². The fourth-order valence-electron chi connectivity index (χ4n) is 2.49. The number of primary amides is 1. The minimum Gasteiger partial charge on any atom is -0.364 e. The van der Waals surface area contributed by atoms with Gasteiger partial charge in [0.05, 0.1) is 11.9 Å². The largest absolute Gasteiger partial charge is 0.364 e. The van der Waals surface area contributed by atoms with Crippen LogP contribution in [0.4, 0.5) is 0 Å². The number of aryl methyl sites for hydroxylation is 2. The molecule has 2 aromatic heterocycles. The minimum atomic E-state index is -0.544. The lowest BCUT2D eigenvalue weighted by Crippen LogP contribution is -2.13. The summed E-state index contributed by atoms with van der Waals surface area (Å²) in [5, 5.41) is 4.32. The average molecular weight is 292 g/mol. The maximum atomic E-state index is 11.7. The molecule has 0 saturated carbocycles. The van der Waals surface area contributed by atoms with Crippen molar-refractivity contribution in [2.24, 2.45) is 5.73 Å². The molecule has 1 amide bonds. The van der Waals surface area contributed by atoms with E-state index in [0.717, 1.165) is 22.4 Å². The highest BCUT2D eigenvalue weighted by Crippen LogP contribution is 2.28. The molecule has 22 heavy (non-hydrogen) atoms. The van der Waals surface area contributed by atoms with Gasteiger partial charge in [-0.05, 0) is 37.1 Å². The summed E-state index contributed by atoms with van der Waals surface area (Å²) in [6, 6.07) is 9.76. The number of nitrogens with two attached hydrogens (primary N) is 1. The van der Waals surface area contributed by atoms with Crippen molar-refractivity contribution < 1.29 is 4.79 Å². The monoisotopic (exact) mass is 292 g/mol. The zero-order valence-electron chi connectivity index (χ0n) is 12.4. The third-order valence-corrected chi connectivity index (χ3v) is 3.53. The van der Waals surface area contributed by atoms with E-state index >= 15 is 0 Å². The topological polar surface area (TPSA) is 73.8 Å². The normalized spacial score (nSPS) is 10.6. The summed E-state index contributed by atoms with van der Waals surface area (Å²) in [4.78, 5) is 15.8. The standard InChI is InChI=1S/C17H16N4O/c1-11-5-6-14(12(2)8-11)15-10-21(20-16(15)17(18)22)13-4-3-7-19-9-13/h3-10H,1-2H3,(H2,18,22). The van der Waals surface area contributed by atoms with E-state index in [1.807, 2.05) is 44.3 Å². The van der Waals surface area contributed by atoms with Crippen LogP contribution in [0.1, 0.15) is 21.6 Å². The number of aromatic nitrogens is 3. The molecule has 110 valence electrons. The maximum absolute atomic E-state index is 11.7. The van der Waals surface area contributed by atoms with Crippen molar-refractivity contribution >= 4 is 5.91 Å².